The van der Waals surface area contributed by atoms with E-state index in [1.165, 1.54) is 16.9 Å². The summed E-state index contributed by atoms with van der Waals surface area (Å²) in [6.07, 6.45) is 0. The van der Waals surface area contributed by atoms with Gasteiger partial charge in [0.25, 0.3) is 0 Å². The molecule has 0 aliphatic rings. The van der Waals surface area contributed by atoms with Gasteiger partial charge in [-0.2, -0.15) is 0 Å². The number of benzene rings is 1. The van der Waals surface area contributed by atoms with Gasteiger partial charge in [-0.05, 0) is 18.6 Å². The van der Waals surface area contributed by atoms with E-state index in [0.717, 1.165) is 10.2 Å². The zero-order chi connectivity index (χ0) is 8.72. The lowest BCUT2D eigenvalue weighted by molar-refractivity contribution is 1.47. The Kier molecular flexibility index (Phi) is 1.99. The van der Waals surface area contributed by atoms with E-state index in [1.807, 2.05) is 19.1 Å². The largest absolute Gasteiger partial charge is 0.223 e. The molecule has 0 unspecified atom stereocenters. The fraction of sp³-hybridized carbons (Fsp3) is 0.125. The van der Waals surface area contributed by atoms with Crippen molar-refractivity contribution in [3.05, 3.63) is 27.2 Å². The van der Waals surface area contributed by atoms with Gasteiger partial charge in [-0.25, -0.2) is 4.98 Å². The summed E-state index contributed by atoms with van der Waals surface area (Å²) >= 11 is 13.2. The smallest absolute Gasteiger partial charge is 0.184 e. The molecule has 1 heterocycles. The lowest BCUT2D eigenvalue weighted by Gasteiger charge is -1.94. The quantitative estimate of drug-likeness (QED) is 0.653. The summed E-state index contributed by atoms with van der Waals surface area (Å²) < 4.78 is 1.62. The van der Waals surface area contributed by atoms with Crippen molar-refractivity contribution in [1.82, 2.24) is 4.98 Å². The first-order valence-corrected chi connectivity index (χ1v) is 4.97. The van der Waals surface area contributed by atoms with Gasteiger partial charge in [-0.15, -0.1) is 11.3 Å². The monoisotopic (exact) mass is 217 g/mol. The predicted octanol–water partition coefficient (Wildman–Crippen LogP) is 3.91. The second kappa shape index (κ2) is 2.87. The van der Waals surface area contributed by atoms with Crippen LogP contribution in [0.25, 0.3) is 10.2 Å². The van der Waals surface area contributed by atoms with Gasteiger partial charge >= 0.3 is 0 Å². The fourth-order valence-corrected chi connectivity index (χ4v) is 2.43. The maximum atomic E-state index is 5.93. The van der Waals surface area contributed by atoms with Gasteiger partial charge in [-0.3, -0.25) is 0 Å². The van der Waals surface area contributed by atoms with Gasteiger partial charge in [0.05, 0.1) is 9.72 Å². The number of hydrogen-bond donors (Lipinski definition) is 0. The molecule has 0 amide bonds. The molecule has 0 aliphatic carbocycles. The maximum absolute atomic E-state index is 5.93. The first-order valence-electron chi connectivity index (χ1n) is 3.39. The van der Waals surface area contributed by atoms with Crippen LogP contribution in [0.5, 0.6) is 0 Å². The number of thiazole rings is 1. The second-order valence-corrected chi connectivity index (χ2v) is 4.50. The SMILES string of the molecule is Cc1ccc(Cl)c2nc(Cl)sc12. The molecule has 0 bridgehead atoms. The van der Waals surface area contributed by atoms with Gasteiger partial charge in [-0.1, -0.05) is 29.3 Å². The van der Waals surface area contributed by atoms with E-state index in [4.69, 9.17) is 23.2 Å². The number of nitrogens with zero attached hydrogens (tertiary/aromatic N) is 1. The zero-order valence-corrected chi connectivity index (χ0v) is 8.59. The van der Waals surface area contributed by atoms with E-state index in [1.54, 1.807) is 0 Å². The summed E-state index contributed by atoms with van der Waals surface area (Å²) in [4.78, 5) is 4.13. The minimum absolute atomic E-state index is 0.543. The number of fused-ring (bicyclic) bond motifs is 1. The molecule has 1 aromatic carbocycles. The number of aryl methyl sites for hydroxylation is 1. The van der Waals surface area contributed by atoms with Crippen LogP contribution in [0.3, 0.4) is 0 Å². The summed E-state index contributed by atoms with van der Waals surface area (Å²) in [5, 5.41) is 0.666. The van der Waals surface area contributed by atoms with Crippen LogP contribution in [0.2, 0.25) is 9.49 Å². The first kappa shape index (κ1) is 8.30. The Balaban J connectivity index is 2.93. The van der Waals surface area contributed by atoms with E-state index >= 15 is 0 Å². The lowest BCUT2D eigenvalue weighted by atomic mass is 10.2. The van der Waals surface area contributed by atoms with Crippen LogP contribution in [0.4, 0.5) is 0 Å². The van der Waals surface area contributed by atoms with Crippen LogP contribution in [-0.2, 0) is 0 Å². The molecule has 1 aromatic heterocycles. The van der Waals surface area contributed by atoms with Crippen molar-refractivity contribution >= 4 is 44.8 Å². The summed E-state index contributed by atoms with van der Waals surface area (Å²) in [6, 6.07) is 3.81. The van der Waals surface area contributed by atoms with Crippen molar-refractivity contribution in [2.75, 3.05) is 0 Å². The third-order valence-corrected chi connectivity index (χ3v) is 3.27. The van der Waals surface area contributed by atoms with Crippen molar-refractivity contribution in [3.8, 4) is 0 Å². The fourth-order valence-electron chi connectivity index (χ4n) is 1.08. The van der Waals surface area contributed by atoms with Crippen LogP contribution in [0.1, 0.15) is 5.56 Å². The average molecular weight is 218 g/mol. The Morgan fingerprint density at radius 2 is 2.08 bits per heavy atom. The predicted molar refractivity (Wildman–Crippen MR) is 54.4 cm³/mol. The third-order valence-electron chi connectivity index (χ3n) is 1.67. The number of halogens is 2. The molecule has 2 rings (SSSR count). The molecule has 0 spiro atoms. The summed E-state index contributed by atoms with van der Waals surface area (Å²) in [6.45, 7) is 2.02. The molecule has 12 heavy (non-hydrogen) atoms. The van der Waals surface area contributed by atoms with Crippen molar-refractivity contribution < 1.29 is 0 Å². The van der Waals surface area contributed by atoms with E-state index < -0.39 is 0 Å². The van der Waals surface area contributed by atoms with Gasteiger partial charge < -0.3 is 0 Å². The summed E-state index contributed by atoms with van der Waals surface area (Å²) in [5.74, 6) is 0. The molecule has 2 aromatic rings. The van der Waals surface area contributed by atoms with Gasteiger partial charge in [0.15, 0.2) is 4.47 Å². The van der Waals surface area contributed by atoms with Crippen LogP contribution < -0.4 is 0 Å². The summed E-state index contributed by atoms with van der Waals surface area (Å²) in [7, 11) is 0. The standard InChI is InChI=1S/C8H5Cl2NS/c1-4-2-3-5(9)6-7(4)12-8(10)11-6/h2-3H,1H3. The maximum Gasteiger partial charge on any atom is 0.184 e. The molecule has 0 radical (unpaired) electrons. The molecule has 62 valence electrons. The molecular formula is C8H5Cl2NS. The molecule has 0 N–H and O–H groups in total. The Labute approximate surface area is 83.9 Å². The van der Waals surface area contributed by atoms with Gasteiger partial charge in [0.2, 0.25) is 0 Å². The Morgan fingerprint density at radius 3 is 2.75 bits per heavy atom. The second-order valence-electron chi connectivity index (χ2n) is 2.51. The van der Waals surface area contributed by atoms with E-state index in [9.17, 15) is 0 Å². The van der Waals surface area contributed by atoms with Crippen LogP contribution in [0, 0.1) is 6.92 Å². The van der Waals surface area contributed by atoms with Crippen molar-refractivity contribution in [2.45, 2.75) is 6.92 Å². The van der Waals surface area contributed by atoms with Crippen LogP contribution in [0.15, 0.2) is 12.1 Å². The van der Waals surface area contributed by atoms with E-state index in [-0.39, 0.29) is 0 Å². The number of aromatic nitrogens is 1. The highest BCUT2D eigenvalue weighted by atomic mass is 35.5. The Bertz CT molecular complexity index is 397. The van der Waals surface area contributed by atoms with Gasteiger partial charge in [0.1, 0.15) is 5.52 Å². The average Bonchev–Trinajstić information content (AvgIpc) is 2.41. The highest BCUT2D eigenvalue weighted by Crippen LogP contribution is 2.32. The van der Waals surface area contributed by atoms with Crippen molar-refractivity contribution in [3.63, 3.8) is 0 Å². The van der Waals surface area contributed by atoms with Crippen molar-refractivity contribution in [2.24, 2.45) is 0 Å². The van der Waals surface area contributed by atoms with E-state index in [0.29, 0.717) is 9.49 Å². The number of hydrogen-bond acceptors (Lipinski definition) is 2. The van der Waals surface area contributed by atoms with Crippen LogP contribution in [-0.4, -0.2) is 4.98 Å². The minimum Gasteiger partial charge on any atom is -0.223 e. The van der Waals surface area contributed by atoms with Gasteiger partial charge in [0, 0.05) is 0 Å². The van der Waals surface area contributed by atoms with Crippen LogP contribution >= 0.6 is 34.5 Å². The Morgan fingerprint density at radius 1 is 1.33 bits per heavy atom. The summed E-state index contributed by atoms with van der Waals surface area (Å²) in [5.41, 5.74) is 1.98. The molecule has 0 saturated carbocycles. The molecule has 0 fully saturated rings. The molecule has 4 heteroatoms. The van der Waals surface area contributed by atoms with Crippen molar-refractivity contribution in [1.29, 1.82) is 0 Å². The zero-order valence-electron chi connectivity index (χ0n) is 6.27. The normalized spacial score (nSPS) is 10.9. The topological polar surface area (TPSA) is 12.9 Å². The minimum atomic E-state index is 0.543. The number of rotatable bonds is 0. The molecular weight excluding hydrogens is 213 g/mol. The first-order chi connectivity index (χ1) is 5.68. The molecule has 1 nitrogen and oxygen atoms in total. The molecule has 0 saturated heterocycles. The molecule has 0 aliphatic heterocycles. The highest BCUT2D eigenvalue weighted by molar-refractivity contribution is 7.22. The lowest BCUT2D eigenvalue weighted by Crippen LogP contribution is -1.74. The Hall–Kier alpha value is -0.310. The molecule has 0 atom stereocenters. The third kappa shape index (κ3) is 1.20. The van der Waals surface area contributed by atoms with E-state index in [2.05, 4.69) is 4.98 Å². The highest BCUT2D eigenvalue weighted by Gasteiger charge is 2.07.